The molecule has 3 N–H and O–H groups in total. The number of amides is 2. The Balaban J connectivity index is 2.03. The molecule has 0 atom stereocenters. The fraction of sp³-hybridized carbons (Fsp3) is 0.111. The number of hydrogen-bond acceptors (Lipinski definition) is 5. The van der Waals surface area contributed by atoms with Crippen molar-refractivity contribution in [1.82, 2.24) is 0 Å². The van der Waals surface area contributed by atoms with Crippen molar-refractivity contribution in [1.29, 1.82) is 0 Å². The van der Waals surface area contributed by atoms with E-state index >= 15 is 0 Å². The van der Waals surface area contributed by atoms with Gasteiger partial charge in [-0.05, 0) is 30.3 Å². The van der Waals surface area contributed by atoms with Crippen molar-refractivity contribution in [3.63, 3.8) is 0 Å². The Morgan fingerprint density at radius 1 is 1.04 bits per heavy atom. The molecule has 0 saturated carbocycles. The van der Waals surface area contributed by atoms with Gasteiger partial charge in [0, 0.05) is 17.0 Å². The number of carbonyl (C=O) groups is 2. The van der Waals surface area contributed by atoms with Gasteiger partial charge in [-0.1, -0.05) is 6.07 Å². The van der Waals surface area contributed by atoms with Gasteiger partial charge in [-0.3, -0.25) is 9.59 Å². The van der Waals surface area contributed by atoms with Crippen LogP contribution in [0.5, 0.6) is 11.5 Å². The van der Waals surface area contributed by atoms with Gasteiger partial charge < -0.3 is 24.9 Å². The van der Waals surface area contributed by atoms with Gasteiger partial charge in [0.05, 0.1) is 14.2 Å². The first-order chi connectivity index (χ1) is 12.0. The van der Waals surface area contributed by atoms with Crippen LogP contribution in [-0.2, 0) is 0 Å². The van der Waals surface area contributed by atoms with Crippen LogP contribution in [0, 0.1) is 0 Å². The number of methoxy groups -OCH3 is 2. The fourth-order valence-electron chi connectivity index (χ4n) is 2.45. The summed E-state index contributed by atoms with van der Waals surface area (Å²) in [6.07, 6.45) is 0. The number of benzene rings is 2. The van der Waals surface area contributed by atoms with Crippen LogP contribution in [0.15, 0.2) is 46.9 Å². The molecule has 25 heavy (non-hydrogen) atoms. The molecule has 0 aliphatic carbocycles. The number of nitrogens with one attached hydrogen (secondary N) is 1. The molecule has 0 aliphatic rings. The van der Waals surface area contributed by atoms with Crippen LogP contribution in [0.3, 0.4) is 0 Å². The van der Waals surface area contributed by atoms with E-state index < -0.39 is 11.8 Å². The van der Waals surface area contributed by atoms with Crippen LogP contribution in [0.4, 0.5) is 5.69 Å². The van der Waals surface area contributed by atoms with E-state index in [9.17, 15) is 9.59 Å². The highest BCUT2D eigenvalue weighted by atomic mass is 16.5. The molecule has 3 aromatic rings. The first kappa shape index (κ1) is 16.4. The van der Waals surface area contributed by atoms with Crippen molar-refractivity contribution in [2.45, 2.75) is 0 Å². The molecule has 0 fully saturated rings. The van der Waals surface area contributed by atoms with Crippen LogP contribution in [0.1, 0.15) is 20.9 Å². The van der Waals surface area contributed by atoms with Gasteiger partial charge in [0.25, 0.3) is 11.8 Å². The zero-order valence-electron chi connectivity index (χ0n) is 13.7. The van der Waals surface area contributed by atoms with Crippen molar-refractivity contribution in [2.24, 2.45) is 5.73 Å². The summed E-state index contributed by atoms with van der Waals surface area (Å²) in [4.78, 5) is 24.2. The van der Waals surface area contributed by atoms with Gasteiger partial charge >= 0.3 is 0 Å². The second-order valence-corrected chi connectivity index (χ2v) is 5.22. The van der Waals surface area contributed by atoms with Crippen LogP contribution in [0.25, 0.3) is 11.0 Å². The van der Waals surface area contributed by atoms with Crippen LogP contribution < -0.4 is 20.5 Å². The Hall–Kier alpha value is -3.48. The van der Waals surface area contributed by atoms with E-state index in [0.29, 0.717) is 28.0 Å². The first-order valence-corrected chi connectivity index (χ1v) is 7.39. The Morgan fingerprint density at radius 2 is 1.76 bits per heavy atom. The maximum atomic E-state index is 12.5. The molecule has 7 heteroatoms. The third-order valence-corrected chi connectivity index (χ3v) is 3.69. The molecule has 128 valence electrons. The molecule has 0 aliphatic heterocycles. The zero-order chi connectivity index (χ0) is 18.0. The van der Waals surface area contributed by atoms with Gasteiger partial charge in [0.2, 0.25) is 5.76 Å². The zero-order valence-corrected chi connectivity index (χ0v) is 13.7. The van der Waals surface area contributed by atoms with Crippen molar-refractivity contribution >= 4 is 28.5 Å². The van der Waals surface area contributed by atoms with Gasteiger partial charge in [0.15, 0.2) is 0 Å². The molecular formula is C18H16N2O5. The number of anilines is 1. The summed E-state index contributed by atoms with van der Waals surface area (Å²) in [7, 11) is 3.03. The summed E-state index contributed by atoms with van der Waals surface area (Å²) in [5.41, 5.74) is 6.35. The monoisotopic (exact) mass is 340 g/mol. The highest BCUT2D eigenvalue weighted by molar-refractivity contribution is 6.14. The lowest BCUT2D eigenvalue weighted by Crippen LogP contribution is -2.17. The van der Waals surface area contributed by atoms with Crippen LogP contribution in [0.2, 0.25) is 0 Å². The summed E-state index contributed by atoms with van der Waals surface area (Å²) in [5.74, 6) is -0.219. The standard InChI is InChI=1S/C18H16N2O5/c1-23-11-5-3-4-10(8-11)18(22)20-15-13-7-6-12(24-2)9-14(13)25-16(15)17(19)21/h3-9H,1-2H3,(H2,19,21)(H,20,22). The number of hydrogen-bond donors (Lipinski definition) is 2. The van der Waals surface area contributed by atoms with Crippen molar-refractivity contribution in [2.75, 3.05) is 19.5 Å². The number of ether oxygens (including phenoxy) is 2. The number of nitrogens with two attached hydrogens (primary N) is 1. The SMILES string of the molecule is COc1cccc(C(=O)Nc2c(C(N)=O)oc3cc(OC)ccc23)c1. The van der Waals surface area contributed by atoms with Gasteiger partial charge in [-0.15, -0.1) is 0 Å². The second kappa shape index (κ2) is 6.56. The Bertz CT molecular complexity index is 961. The summed E-state index contributed by atoms with van der Waals surface area (Å²) in [6.45, 7) is 0. The minimum absolute atomic E-state index is 0.125. The highest BCUT2D eigenvalue weighted by Crippen LogP contribution is 2.33. The van der Waals surface area contributed by atoms with Gasteiger partial charge in [-0.2, -0.15) is 0 Å². The average molecular weight is 340 g/mol. The van der Waals surface area contributed by atoms with E-state index in [-0.39, 0.29) is 11.4 Å². The Kier molecular flexibility index (Phi) is 4.30. The lowest BCUT2D eigenvalue weighted by atomic mass is 10.1. The van der Waals surface area contributed by atoms with E-state index in [2.05, 4.69) is 5.32 Å². The number of primary amides is 1. The number of fused-ring (bicyclic) bond motifs is 1. The van der Waals surface area contributed by atoms with Crippen molar-refractivity contribution in [3.8, 4) is 11.5 Å². The smallest absolute Gasteiger partial charge is 0.286 e. The molecule has 3 rings (SSSR count). The van der Waals surface area contributed by atoms with Gasteiger partial charge in [-0.25, -0.2) is 0 Å². The van der Waals surface area contributed by atoms with Gasteiger partial charge in [0.1, 0.15) is 22.8 Å². The number of carbonyl (C=O) groups excluding carboxylic acids is 2. The molecule has 0 radical (unpaired) electrons. The number of rotatable bonds is 5. The quantitative estimate of drug-likeness (QED) is 0.743. The average Bonchev–Trinajstić information content (AvgIpc) is 2.99. The normalized spacial score (nSPS) is 10.5. The Labute approximate surface area is 143 Å². The van der Waals surface area contributed by atoms with Crippen molar-refractivity contribution < 1.29 is 23.5 Å². The maximum absolute atomic E-state index is 12.5. The molecule has 0 saturated heterocycles. The molecule has 0 spiro atoms. The molecule has 1 heterocycles. The van der Waals surface area contributed by atoms with E-state index in [1.54, 1.807) is 42.5 Å². The Morgan fingerprint density at radius 3 is 2.44 bits per heavy atom. The van der Waals surface area contributed by atoms with E-state index in [0.717, 1.165) is 0 Å². The second-order valence-electron chi connectivity index (χ2n) is 5.22. The predicted octanol–water partition coefficient (Wildman–Crippen LogP) is 2.80. The lowest BCUT2D eigenvalue weighted by Gasteiger charge is -2.06. The maximum Gasteiger partial charge on any atom is 0.286 e. The summed E-state index contributed by atoms with van der Waals surface area (Å²) in [6, 6.07) is 11.6. The van der Waals surface area contributed by atoms with E-state index in [4.69, 9.17) is 19.6 Å². The molecule has 7 nitrogen and oxygen atoms in total. The van der Waals surface area contributed by atoms with Crippen molar-refractivity contribution in [3.05, 3.63) is 53.8 Å². The minimum atomic E-state index is -0.781. The third kappa shape index (κ3) is 3.12. The predicted molar refractivity (Wildman–Crippen MR) is 92.2 cm³/mol. The van der Waals surface area contributed by atoms with E-state index in [1.807, 2.05) is 0 Å². The largest absolute Gasteiger partial charge is 0.497 e. The first-order valence-electron chi connectivity index (χ1n) is 7.39. The molecule has 0 bridgehead atoms. The summed E-state index contributed by atoms with van der Waals surface area (Å²) in [5, 5.41) is 3.24. The van der Waals surface area contributed by atoms with E-state index in [1.165, 1.54) is 14.2 Å². The summed E-state index contributed by atoms with van der Waals surface area (Å²) < 4.78 is 15.7. The molecule has 2 aromatic carbocycles. The molecule has 0 unspecified atom stereocenters. The third-order valence-electron chi connectivity index (χ3n) is 3.69. The lowest BCUT2D eigenvalue weighted by molar-refractivity contribution is 0.0977. The fourth-order valence-corrected chi connectivity index (χ4v) is 2.45. The molecule has 1 aromatic heterocycles. The summed E-state index contributed by atoms with van der Waals surface area (Å²) >= 11 is 0. The minimum Gasteiger partial charge on any atom is -0.497 e. The number of furan rings is 1. The topological polar surface area (TPSA) is 104 Å². The highest BCUT2D eigenvalue weighted by Gasteiger charge is 2.21. The van der Waals surface area contributed by atoms with Crippen LogP contribution in [-0.4, -0.2) is 26.0 Å². The van der Waals surface area contributed by atoms with Crippen LogP contribution >= 0.6 is 0 Å². The molecule has 2 amide bonds. The molecular weight excluding hydrogens is 324 g/mol.